The SMILES string of the molecule is Cc1ccc(SCCNC(=O)COc2cc(C)c(Br)c(C)c2)cc1. The highest BCUT2D eigenvalue weighted by Gasteiger charge is 2.06. The monoisotopic (exact) mass is 407 g/mol. The molecule has 3 nitrogen and oxygen atoms in total. The number of thioether (sulfide) groups is 1. The molecule has 2 aromatic rings. The van der Waals surface area contributed by atoms with Crippen molar-refractivity contribution in [1.29, 1.82) is 0 Å². The van der Waals surface area contributed by atoms with E-state index in [2.05, 4.69) is 52.4 Å². The number of amides is 1. The van der Waals surface area contributed by atoms with Crippen LogP contribution in [-0.2, 0) is 4.79 Å². The van der Waals surface area contributed by atoms with Crippen LogP contribution in [0.4, 0.5) is 0 Å². The maximum Gasteiger partial charge on any atom is 0.257 e. The second kappa shape index (κ2) is 9.14. The minimum absolute atomic E-state index is 0.0374. The van der Waals surface area contributed by atoms with Gasteiger partial charge in [0.25, 0.3) is 5.91 Å². The van der Waals surface area contributed by atoms with Crippen molar-refractivity contribution < 1.29 is 9.53 Å². The van der Waals surface area contributed by atoms with E-state index >= 15 is 0 Å². The lowest BCUT2D eigenvalue weighted by molar-refractivity contribution is -0.122. The largest absolute Gasteiger partial charge is 0.484 e. The first-order valence-electron chi connectivity index (χ1n) is 7.81. The number of hydrogen-bond donors (Lipinski definition) is 1. The first kappa shape index (κ1) is 18.9. The zero-order valence-corrected chi connectivity index (χ0v) is 16.6. The van der Waals surface area contributed by atoms with Gasteiger partial charge in [0.15, 0.2) is 6.61 Å². The summed E-state index contributed by atoms with van der Waals surface area (Å²) in [4.78, 5) is 13.1. The van der Waals surface area contributed by atoms with Crippen molar-refractivity contribution in [2.45, 2.75) is 25.7 Å². The molecule has 128 valence electrons. The Labute approximate surface area is 156 Å². The Morgan fingerprint density at radius 1 is 1.12 bits per heavy atom. The molecule has 0 heterocycles. The van der Waals surface area contributed by atoms with Crippen molar-refractivity contribution in [2.24, 2.45) is 0 Å². The number of carbonyl (C=O) groups is 1. The highest BCUT2D eigenvalue weighted by atomic mass is 79.9. The van der Waals surface area contributed by atoms with Gasteiger partial charge in [0, 0.05) is 21.7 Å². The van der Waals surface area contributed by atoms with E-state index < -0.39 is 0 Å². The number of aryl methyl sites for hydroxylation is 3. The van der Waals surface area contributed by atoms with Crippen LogP contribution in [0.5, 0.6) is 5.75 Å². The molecule has 0 aromatic heterocycles. The van der Waals surface area contributed by atoms with Crippen LogP contribution in [0.3, 0.4) is 0 Å². The van der Waals surface area contributed by atoms with Gasteiger partial charge in [-0.15, -0.1) is 11.8 Å². The molecule has 1 amide bonds. The molecule has 0 fully saturated rings. The molecule has 0 aliphatic carbocycles. The molecule has 24 heavy (non-hydrogen) atoms. The summed E-state index contributed by atoms with van der Waals surface area (Å²) in [7, 11) is 0. The summed E-state index contributed by atoms with van der Waals surface area (Å²) < 4.78 is 6.65. The van der Waals surface area contributed by atoms with Gasteiger partial charge in [0.1, 0.15) is 5.75 Å². The molecule has 0 saturated carbocycles. The standard InChI is InChI=1S/C19H22BrNO2S/c1-13-4-6-17(7-5-13)24-9-8-21-18(22)12-23-16-10-14(2)19(20)15(3)11-16/h4-7,10-11H,8-9,12H2,1-3H3,(H,21,22). The molecule has 0 saturated heterocycles. The van der Waals surface area contributed by atoms with Crippen molar-refractivity contribution >= 4 is 33.6 Å². The Hall–Kier alpha value is -1.46. The third-order valence-electron chi connectivity index (χ3n) is 3.49. The molecule has 2 rings (SSSR count). The molecule has 0 spiro atoms. The lowest BCUT2D eigenvalue weighted by Gasteiger charge is -2.10. The van der Waals surface area contributed by atoms with E-state index in [4.69, 9.17) is 4.74 Å². The van der Waals surface area contributed by atoms with Crippen LogP contribution in [0, 0.1) is 20.8 Å². The molecule has 0 bridgehead atoms. The van der Waals surface area contributed by atoms with Gasteiger partial charge in [-0.2, -0.15) is 0 Å². The molecule has 0 radical (unpaired) electrons. The Balaban J connectivity index is 1.69. The predicted octanol–water partition coefficient (Wildman–Crippen LogP) is 4.66. The molecular weight excluding hydrogens is 386 g/mol. The zero-order chi connectivity index (χ0) is 17.5. The Morgan fingerprint density at radius 3 is 2.38 bits per heavy atom. The van der Waals surface area contributed by atoms with Gasteiger partial charge in [-0.05, 0) is 56.2 Å². The van der Waals surface area contributed by atoms with Gasteiger partial charge in [-0.3, -0.25) is 4.79 Å². The van der Waals surface area contributed by atoms with E-state index in [-0.39, 0.29) is 12.5 Å². The molecule has 0 aliphatic rings. The first-order chi connectivity index (χ1) is 11.5. The number of benzene rings is 2. The quantitative estimate of drug-likeness (QED) is 0.535. The third kappa shape index (κ3) is 5.87. The van der Waals surface area contributed by atoms with Crippen LogP contribution >= 0.6 is 27.7 Å². The average Bonchev–Trinajstić information content (AvgIpc) is 2.56. The fourth-order valence-electron chi connectivity index (χ4n) is 2.18. The highest BCUT2D eigenvalue weighted by molar-refractivity contribution is 9.10. The molecule has 0 unspecified atom stereocenters. The van der Waals surface area contributed by atoms with Crippen LogP contribution in [0.25, 0.3) is 0 Å². The van der Waals surface area contributed by atoms with Crippen molar-refractivity contribution in [1.82, 2.24) is 5.32 Å². The molecule has 0 atom stereocenters. The fourth-order valence-corrected chi connectivity index (χ4v) is 3.18. The van der Waals surface area contributed by atoms with Gasteiger partial charge in [-0.25, -0.2) is 0 Å². The summed E-state index contributed by atoms with van der Waals surface area (Å²) in [6, 6.07) is 12.2. The van der Waals surface area contributed by atoms with Crippen LogP contribution in [0.1, 0.15) is 16.7 Å². The normalized spacial score (nSPS) is 10.5. The van der Waals surface area contributed by atoms with E-state index in [1.807, 2.05) is 26.0 Å². The van der Waals surface area contributed by atoms with E-state index in [0.29, 0.717) is 6.54 Å². The lowest BCUT2D eigenvalue weighted by Crippen LogP contribution is -2.30. The van der Waals surface area contributed by atoms with Crippen LogP contribution in [-0.4, -0.2) is 24.8 Å². The van der Waals surface area contributed by atoms with Crippen molar-refractivity contribution in [3.8, 4) is 5.75 Å². The Morgan fingerprint density at radius 2 is 1.75 bits per heavy atom. The smallest absolute Gasteiger partial charge is 0.257 e. The summed E-state index contributed by atoms with van der Waals surface area (Å²) in [6.07, 6.45) is 0. The highest BCUT2D eigenvalue weighted by Crippen LogP contribution is 2.26. The maximum atomic E-state index is 11.9. The van der Waals surface area contributed by atoms with Gasteiger partial charge in [0.05, 0.1) is 0 Å². The second-order valence-corrected chi connectivity index (χ2v) is 7.63. The predicted molar refractivity (Wildman–Crippen MR) is 104 cm³/mol. The molecule has 0 aliphatic heterocycles. The fraction of sp³-hybridized carbons (Fsp3) is 0.316. The number of rotatable bonds is 7. The number of ether oxygens (including phenoxy) is 1. The van der Waals surface area contributed by atoms with E-state index in [9.17, 15) is 4.79 Å². The van der Waals surface area contributed by atoms with Crippen molar-refractivity contribution in [2.75, 3.05) is 18.9 Å². The van der Waals surface area contributed by atoms with Gasteiger partial charge < -0.3 is 10.1 Å². The summed E-state index contributed by atoms with van der Waals surface area (Å²) in [5.74, 6) is 1.46. The minimum atomic E-state index is -0.0993. The molecule has 1 N–H and O–H groups in total. The minimum Gasteiger partial charge on any atom is -0.484 e. The molecular formula is C19H22BrNO2S. The number of nitrogens with one attached hydrogen (secondary N) is 1. The van der Waals surface area contributed by atoms with E-state index in [0.717, 1.165) is 27.1 Å². The van der Waals surface area contributed by atoms with E-state index in [1.54, 1.807) is 11.8 Å². The van der Waals surface area contributed by atoms with Crippen molar-refractivity contribution in [3.05, 3.63) is 57.6 Å². The number of hydrogen-bond acceptors (Lipinski definition) is 3. The average molecular weight is 408 g/mol. The van der Waals surface area contributed by atoms with Crippen molar-refractivity contribution in [3.63, 3.8) is 0 Å². The molecule has 2 aromatic carbocycles. The number of halogens is 1. The van der Waals surface area contributed by atoms with Gasteiger partial charge in [0.2, 0.25) is 0 Å². The van der Waals surface area contributed by atoms with Gasteiger partial charge in [-0.1, -0.05) is 33.6 Å². The second-order valence-electron chi connectivity index (χ2n) is 5.67. The van der Waals surface area contributed by atoms with Crippen LogP contribution < -0.4 is 10.1 Å². The van der Waals surface area contributed by atoms with Gasteiger partial charge >= 0.3 is 0 Å². The maximum absolute atomic E-state index is 11.9. The number of carbonyl (C=O) groups excluding carboxylic acids is 1. The summed E-state index contributed by atoms with van der Waals surface area (Å²) >= 11 is 5.25. The topological polar surface area (TPSA) is 38.3 Å². The van der Waals surface area contributed by atoms with Crippen LogP contribution in [0.2, 0.25) is 0 Å². The van der Waals surface area contributed by atoms with E-state index in [1.165, 1.54) is 10.5 Å². The van der Waals surface area contributed by atoms with Crippen LogP contribution in [0.15, 0.2) is 45.8 Å². The molecule has 5 heteroatoms. The Bertz CT molecular complexity index is 678. The summed E-state index contributed by atoms with van der Waals surface area (Å²) in [5, 5.41) is 2.88. The zero-order valence-electron chi connectivity index (χ0n) is 14.2. The third-order valence-corrected chi connectivity index (χ3v) is 5.76. The first-order valence-corrected chi connectivity index (χ1v) is 9.59. The Kier molecular flexibility index (Phi) is 7.18. The summed E-state index contributed by atoms with van der Waals surface area (Å²) in [5.41, 5.74) is 3.45. The lowest BCUT2D eigenvalue weighted by atomic mass is 10.1. The summed E-state index contributed by atoms with van der Waals surface area (Å²) in [6.45, 7) is 6.75.